The van der Waals surface area contributed by atoms with Gasteiger partial charge in [0.25, 0.3) is 5.91 Å². The molecule has 1 aliphatic heterocycles. The maximum atomic E-state index is 12.7. The number of nitrogens with zero attached hydrogens (tertiary/aromatic N) is 1. The number of carbonyl (C=O) groups is 2. The molecule has 0 saturated carbocycles. The molecule has 0 spiro atoms. The fourth-order valence-corrected chi connectivity index (χ4v) is 3.48. The second-order valence-electron chi connectivity index (χ2n) is 6.90. The number of piperidine rings is 1. The number of hydrogen-bond acceptors (Lipinski definition) is 3. The highest BCUT2D eigenvalue weighted by Crippen LogP contribution is 2.31. The fraction of sp³-hybridized carbons (Fsp3) is 0.333. The van der Waals surface area contributed by atoms with Gasteiger partial charge in [-0.1, -0.05) is 42.5 Å². The van der Waals surface area contributed by atoms with Crippen molar-refractivity contribution in [3.63, 3.8) is 0 Å². The molecule has 0 aliphatic carbocycles. The zero-order valence-electron chi connectivity index (χ0n) is 15.2. The summed E-state index contributed by atoms with van der Waals surface area (Å²) >= 11 is 0. The number of hydrogen-bond donors (Lipinski definition) is 3. The van der Waals surface area contributed by atoms with Crippen LogP contribution in [0.5, 0.6) is 0 Å². The van der Waals surface area contributed by atoms with Crippen LogP contribution in [0.1, 0.15) is 40.4 Å². The minimum atomic E-state index is -0.573. The van der Waals surface area contributed by atoms with Gasteiger partial charge >= 0.3 is 6.03 Å². The van der Waals surface area contributed by atoms with Crippen molar-refractivity contribution in [1.82, 2.24) is 10.2 Å². The van der Waals surface area contributed by atoms with E-state index in [2.05, 4.69) is 5.32 Å². The first-order chi connectivity index (χ1) is 13.0. The van der Waals surface area contributed by atoms with Gasteiger partial charge < -0.3 is 21.1 Å². The average molecular weight is 367 g/mol. The average Bonchev–Trinajstić information content (AvgIpc) is 2.72. The van der Waals surface area contributed by atoms with E-state index in [1.54, 1.807) is 12.1 Å². The van der Waals surface area contributed by atoms with Crippen LogP contribution < -0.4 is 11.1 Å². The van der Waals surface area contributed by atoms with Crippen LogP contribution in [0.15, 0.2) is 54.6 Å². The predicted molar refractivity (Wildman–Crippen MR) is 103 cm³/mol. The Morgan fingerprint density at radius 1 is 1.07 bits per heavy atom. The monoisotopic (exact) mass is 367 g/mol. The summed E-state index contributed by atoms with van der Waals surface area (Å²) in [7, 11) is 0. The first-order valence-electron chi connectivity index (χ1n) is 9.19. The lowest BCUT2D eigenvalue weighted by Gasteiger charge is -2.34. The van der Waals surface area contributed by atoms with Crippen LogP contribution in [0.2, 0.25) is 0 Å². The number of likely N-dealkylation sites (tertiary alicyclic amines) is 1. The number of benzene rings is 2. The Morgan fingerprint density at radius 2 is 1.70 bits per heavy atom. The molecule has 0 radical (unpaired) electrons. The zero-order chi connectivity index (χ0) is 19.2. The van der Waals surface area contributed by atoms with Gasteiger partial charge in [-0.2, -0.15) is 0 Å². The third-order valence-corrected chi connectivity index (χ3v) is 5.08. The first kappa shape index (κ1) is 18.9. The maximum Gasteiger partial charge on any atom is 0.312 e. The van der Waals surface area contributed by atoms with E-state index in [0.29, 0.717) is 25.2 Å². The summed E-state index contributed by atoms with van der Waals surface area (Å²) in [5.41, 5.74) is 7.50. The highest BCUT2D eigenvalue weighted by atomic mass is 16.3. The molecule has 1 fully saturated rings. The summed E-state index contributed by atoms with van der Waals surface area (Å²) < 4.78 is 0. The molecule has 1 saturated heterocycles. The van der Waals surface area contributed by atoms with Gasteiger partial charge in [0.05, 0.1) is 6.10 Å². The molecule has 1 unspecified atom stereocenters. The molecule has 1 heterocycles. The Hall–Kier alpha value is -2.86. The quantitative estimate of drug-likeness (QED) is 0.757. The molecule has 1 aliphatic rings. The Bertz CT molecular complexity index is 769. The van der Waals surface area contributed by atoms with Crippen LogP contribution in [-0.4, -0.2) is 35.0 Å². The van der Waals surface area contributed by atoms with Crippen molar-refractivity contribution in [2.24, 2.45) is 11.7 Å². The predicted octanol–water partition coefficient (Wildman–Crippen LogP) is 2.44. The van der Waals surface area contributed by atoms with Crippen LogP contribution in [-0.2, 0) is 6.54 Å². The molecule has 1 atom stereocenters. The fourth-order valence-electron chi connectivity index (χ4n) is 3.48. The number of aliphatic hydroxyl groups excluding tert-OH is 1. The number of urea groups is 1. The number of nitrogens with two attached hydrogens (primary N) is 1. The van der Waals surface area contributed by atoms with Crippen LogP contribution in [0.3, 0.4) is 0 Å². The second-order valence-corrected chi connectivity index (χ2v) is 6.90. The highest BCUT2D eigenvalue weighted by molar-refractivity contribution is 5.94. The smallest absolute Gasteiger partial charge is 0.312 e. The SMILES string of the molecule is NC(=O)NCc1ccc(C(=O)N2CCC(C(O)c3ccccc3)CC2)cc1. The molecule has 6 nitrogen and oxygen atoms in total. The van der Waals surface area contributed by atoms with Crippen molar-refractivity contribution in [2.75, 3.05) is 13.1 Å². The second kappa shape index (κ2) is 8.68. The van der Waals surface area contributed by atoms with Gasteiger partial charge in [0, 0.05) is 25.2 Å². The molecule has 3 rings (SSSR count). The van der Waals surface area contributed by atoms with E-state index < -0.39 is 12.1 Å². The van der Waals surface area contributed by atoms with Crippen LogP contribution in [0.4, 0.5) is 4.79 Å². The van der Waals surface area contributed by atoms with Crippen LogP contribution in [0.25, 0.3) is 0 Å². The van der Waals surface area contributed by atoms with Gasteiger partial charge in [0.1, 0.15) is 0 Å². The maximum absolute atomic E-state index is 12.7. The molecular formula is C21H25N3O3. The van der Waals surface area contributed by atoms with E-state index in [-0.39, 0.29) is 11.8 Å². The van der Waals surface area contributed by atoms with Gasteiger partial charge in [-0.3, -0.25) is 4.79 Å². The lowest BCUT2D eigenvalue weighted by molar-refractivity contribution is 0.0462. The number of primary amides is 1. The van der Waals surface area contributed by atoms with Crippen molar-refractivity contribution in [2.45, 2.75) is 25.5 Å². The van der Waals surface area contributed by atoms with E-state index in [4.69, 9.17) is 5.73 Å². The van der Waals surface area contributed by atoms with Crippen LogP contribution in [0, 0.1) is 5.92 Å². The van der Waals surface area contributed by atoms with Crippen molar-refractivity contribution in [1.29, 1.82) is 0 Å². The normalized spacial score (nSPS) is 16.0. The molecule has 0 bridgehead atoms. The summed E-state index contributed by atoms with van der Waals surface area (Å²) in [6, 6.07) is 16.3. The van der Waals surface area contributed by atoms with Crippen LogP contribution >= 0.6 is 0 Å². The Morgan fingerprint density at radius 3 is 2.30 bits per heavy atom. The minimum absolute atomic E-state index is 0.00272. The first-order valence-corrected chi connectivity index (χ1v) is 9.19. The minimum Gasteiger partial charge on any atom is -0.388 e. The Kier molecular flexibility index (Phi) is 6.08. The third kappa shape index (κ3) is 4.86. The molecule has 3 amide bonds. The van der Waals surface area contributed by atoms with E-state index in [0.717, 1.165) is 24.0 Å². The van der Waals surface area contributed by atoms with Gasteiger partial charge in [-0.25, -0.2) is 4.79 Å². The lowest BCUT2D eigenvalue weighted by atomic mass is 9.87. The molecule has 2 aromatic rings. The summed E-state index contributed by atoms with van der Waals surface area (Å²) in [5.74, 6) is 0.163. The molecule has 0 aromatic heterocycles. The molecule has 27 heavy (non-hydrogen) atoms. The highest BCUT2D eigenvalue weighted by Gasteiger charge is 2.28. The van der Waals surface area contributed by atoms with Gasteiger partial charge in [0.2, 0.25) is 0 Å². The standard InChI is InChI=1S/C21H25N3O3/c22-21(27)23-14-15-6-8-18(9-7-15)20(26)24-12-10-17(11-13-24)19(25)16-4-2-1-3-5-16/h1-9,17,19,25H,10-14H2,(H3,22,23,27). The van der Waals surface area contributed by atoms with Gasteiger partial charge in [-0.05, 0) is 42.0 Å². The number of nitrogens with one attached hydrogen (secondary N) is 1. The van der Waals surface area contributed by atoms with E-state index >= 15 is 0 Å². The number of rotatable bonds is 5. The third-order valence-electron chi connectivity index (χ3n) is 5.08. The van der Waals surface area contributed by atoms with E-state index in [9.17, 15) is 14.7 Å². The number of amides is 3. The topological polar surface area (TPSA) is 95.7 Å². The molecule has 4 N–H and O–H groups in total. The summed E-state index contributed by atoms with van der Waals surface area (Å²) in [5, 5.41) is 13.1. The Labute approximate surface area is 159 Å². The van der Waals surface area contributed by atoms with E-state index in [1.807, 2.05) is 47.4 Å². The largest absolute Gasteiger partial charge is 0.388 e. The van der Waals surface area contributed by atoms with E-state index in [1.165, 1.54) is 0 Å². The summed E-state index contributed by atoms with van der Waals surface area (Å²) in [6.07, 6.45) is 1.07. The molecule has 2 aromatic carbocycles. The number of aliphatic hydroxyl groups is 1. The molecule has 6 heteroatoms. The van der Waals surface area contributed by atoms with Crippen molar-refractivity contribution in [3.05, 3.63) is 71.3 Å². The Balaban J connectivity index is 1.54. The zero-order valence-corrected chi connectivity index (χ0v) is 15.2. The van der Waals surface area contributed by atoms with Crippen molar-refractivity contribution >= 4 is 11.9 Å². The molecular weight excluding hydrogens is 342 g/mol. The van der Waals surface area contributed by atoms with Gasteiger partial charge in [0.15, 0.2) is 0 Å². The molecule has 142 valence electrons. The van der Waals surface area contributed by atoms with Crippen molar-refractivity contribution in [3.8, 4) is 0 Å². The summed E-state index contributed by atoms with van der Waals surface area (Å²) in [6.45, 7) is 1.61. The lowest BCUT2D eigenvalue weighted by Crippen LogP contribution is -2.39. The van der Waals surface area contributed by atoms with Crippen molar-refractivity contribution < 1.29 is 14.7 Å². The summed E-state index contributed by atoms with van der Waals surface area (Å²) in [4.78, 5) is 25.3. The number of carbonyl (C=O) groups excluding carboxylic acids is 2. The van der Waals surface area contributed by atoms with Gasteiger partial charge in [-0.15, -0.1) is 0 Å².